The van der Waals surface area contributed by atoms with E-state index >= 15 is 0 Å². The van der Waals surface area contributed by atoms with Crippen LogP contribution in [0.4, 0.5) is 0 Å². The maximum absolute atomic E-state index is 11.4. The van der Waals surface area contributed by atoms with Crippen LogP contribution in [0.2, 0.25) is 0 Å². The molecule has 9 nitrogen and oxygen atoms in total. The summed E-state index contributed by atoms with van der Waals surface area (Å²) in [7, 11) is 4.73. The van der Waals surface area contributed by atoms with Gasteiger partial charge >= 0.3 is 5.97 Å². The highest BCUT2D eigenvalue weighted by Gasteiger charge is 2.22. The predicted molar refractivity (Wildman–Crippen MR) is 88.5 cm³/mol. The van der Waals surface area contributed by atoms with E-state index in [4.69, 9.17) is 9.47 Å². The Kier molecular flexibility index (Phi) is 6.53. The molecule has 1 aliphatic heterocycles. The molecule has 0 aliphatic carbocycles. The highest BCUT2D eigenvalue weighted by atomic mass is 16.5. The van der Waals surface area contributed by atoms with Crippen molar-refractivity contribution in [3.05, 3.63) is 11.6 Å². The molecule has 2 rings (SSSR count). The van der Waals surface area contributed by atoms with E-state index in [1.807, 2.05) is 11.6 Å². The lowest BCUT2D eigenvalue weighted by Crippen LogP contribution is -2.48. The molecule has 0 amide bonds. The Hall–Kier alpha value is -2.16. The molecule has 2 N–H and O–H groups in total. The SMILES string of the molecule is CN=C(NCC(C)C(=O)OC)NC1CCc2nc(COC)nn2C1. The number of guanidine groups is 1. The molecule has 2 heterocycles. The van der Waals surface area contributed by atoms with Crippen LogP contribution in [0.15, 0.2) is 4.99 Å². The fraction of sp³-hybridized carbons (Fsp3) is 0.733. The van der Waals surface area contributed by atoms with Crippen molar-refractivity contribution in [2.24, 2.45) is 10.9 Å². The normalized spacial score (nSPS) is 18.7. The van der Waals surface area contributed by atoms with Gasteiger partial charge in [0.2, 0.25) is 0 Å². The minimum absolute atomic E-state index is 0.203. The zero-order chi connectivity index (χ0) is 17.5. The Bertz CT molecular complexity index is 586. The fourth-order valence-corrected chi connectivity index (χ4v) is 2.59. The first-order valence-corrected chi connectivity index (χ1v) is 8.04. The second-order valence-electron chi connectivity index (χ2n) is 5.82. The van der Waals surface area contributed by atoms with E-state index in [0.29, 0.717) is 24.9 Å². The van der Waals surface area contributed by atoms with Crippen LogP contribution in [-0.4, -0.2) is 60.5 Å². The minimum atomic E-state index is -0.242. The second-order valence-corrected chi connectivity index (χ2v) is 5.82. The number of hydrogen-bond acceptors (Lipinski definition) is 6. The summed E-state index contributed by atoms with van der Waals surface area (Å²) in [6.07, 6.45) is 1.79. The Morgan fingerprint density at radius 3 is 2.96 bits per heavy atom. The van der Waals surface area contributed by atoms with Crippen LogP contribution in [0.5, 0.6) is 0 Å². The molecule has 1 aromatic heterocycles. The number of carbonyl (C=O) groups excluding carboxylic acids is 1. The van der Waals surface area contributed by atoms with Gasteiger partial charge in [0.1, 0.15) is 12.4 Å². The van der Waals surface area contributed by atoms with E-state index < -0.39 is 0 Å². The molecule has 24 heavy (non-hydrogen) atoms. The van der Waals surface area contributed by atoms with Crippen LogP contribution < -0.4 is 10.6 Å². The first-order chi connectivity index (χ1) is 11.6. The molecule has 0 radical (unpaired) electrons. The summed E-state index contributed by atoms with van der Waals surface area (Å²) in [6.45, 7) is 3.42. The Balaban J connectivity index is 1.87. The topological polar surface area (TPSA) is 103 Å². The van der Waals surface area contributed by atoms with Gasteiger partial charge in [0.25, 0.3) is 0 Å². The second kappa shape index (κ2) is 8.62. The van der Waals surface area contributed by atoms with Gasteiger partial charge in [-0.3, -0.25) is 9.79 Å². The van der Waals surface area contributed by atoms with Gasteiger partial charge in [-0.1, -0.05) is 6.92 Å². The number of aryl methyl sites for hydroxylation is 1. The third-order valence-corrected chi connectivity index (χ3v) is 3.92. The van der Waals surface area contributed by atoms with E-state index in [0.717, 1.165) is 25.2 Å². The number of esters is 1. The maximum atomic E-state index is 11.4. The minimum Gasteiger partial charge on any atom is -0.469 e. The standard InChI is InChI=1S/C15H26N6O3/c1-10(14(22)24-4)7-17-15(16-2)18-11-5-6-13-19-12(9-23-3)20-21(13)8-11/h10-11H,5-9H2,1-4H3,(H2,16,17,18). The number of aromatic nitrogens is 3. The maximum Gasteiger partial charge on any atom is 0.310 e. The van der Waals surface area contributed by atoms with Gasteiger partial charge in [-0.15, -0.1) is 0 Å². The van der Waals surface area contributed by atoms with Crippen molar-refractivity contribution in [3.63, 3.8) is 0 Å². The molecule has 0 saturated heterocycles. The summed E-state index contributed by atoms with van der Waals surface area (Å²) >= 11 is 0. The molecule has 1 aliphatic rings. The van der Waals surface area contributed by atoms with Gasteiger partial charge < -0.3 is 20.1 Å². The molecular weight excluding hydrogens is 312 g/mol. The average Bonchev–Trinajstić information content (AvgIpc) is 2.99. The molecular formula is C15H26N6O3. The van der Waals surface area contributed by atoms with Crippen molar-refractivity contribution in [1.82, 2.24) is 25.4 Å². The summed E-state index contributed by atoms with van der Waals surface area (Å²) in [6, 6.07) is 0.203. The number of nitrogens with one attached hydrogen (secondary N) is 2. The quantitative estimate of drug-likeness (QED) is 0.417. The first kappa shape index (κ1) is 18.2. The van der Waals surface area contributed by atoms with E-state index in [-0.39, 0.29) is 17.9 Å². The van der Waals surface area contributed by atoms with Crippen LogP contribution in [0.1, 0.15) is 25.0 Å². The number of rotatable bonds is 6. The molecule has 1 aromatic rings. The lowest BCUT2D eigenvalue weighted by atomic mass is 10.1. The van der Waals surface area contributed by atoms with Crippen LogP contribution in [0.25, 0.3) is 0 Å². The van der Waals surface area contributed by atoms with Crippen molar-refractivity contribution in [2.75, 3.05) is 27.8 Å². The number of aliphatic imine (C=N–C) groups is 1. The van der Waals surface area contributed by atoms with Gasteiger partial charge in [0.05, 0.1) is 19.6 Å². The lowest BCUT2D eigenvalue weighted by Gasteiger charge is -2.25. The third kappa shape index (κ3) is 4.67. The molecule has 0 fully saturated rings. The van der Waals surface area contributed by atoms with Gasteiger partial charge in [0, 0.05) is 33.2 Å². The summed E-state index contributed by atoms with van der Waals surface area (Å²) < 4.78 is 11.7. The van der Waals surface area contributed by atoms with Gasteiger partial charge in [-0.05, 0) is 6.42 Å². The van der Waals surface area contributed by atoms with Crippen LogP contribution in [0.3, 0.4) is 0 Å². The van der Waals surface area contributed by atoms with Crippen molar-refractivity contribution in [1.29, 1.82) is 0 Å². The zero-order valence-corrected chi connectivity index (χ0v) is 14.7. The number of methoxy groups -OCH3 is 2. The zero-order valence-electron chi connectivity index (χ0n) is 14.7. The number of hydrogen-bond donors (Lipinski definition) is 2. The van der Waals surface area contributed by atoms with Gasteiger partial charge in [-0.2, -0.15) is 5.10 Å². The van der Waals surface area contributed by atoms with Crippen molar-refractivity contribution in [2.45, 2.75) is 39.0 Å². The molecule has 9 heteroatoms. The number of carbonyl (C=O) groups is 1. The predicted octanol–water partition coefficient (Wildman–Crippen LogP) is -0.287. The van der Waals surface area contributed by atoms with E-state index in [2.05, 4.69) is 25.7 Å². The summed E-state index contributed by atoms with van der Waals surface area (Å²) in [5.41, 5.74) is 0. The number of nitrogens with zero attached hydrogens (tertiary/aromatic N) is 4. The summed E-state index contributed by atoms with van der Waals surface area (Å²) in [4.78, 5) is 20.1. The highest BCUT2D eigenvalue weighted by Crippen LogP contribution is 2.13. The Morgan fingerprint density at radius 1 is 1.50 bits per heavy atom. The van der Waals surface area contributed by atoms with Crippen LogP contribution in [-0.2, 0) is 33.8 Å². The Morgan fingerprint density at radius 2 is 2.29 bits per heavy atom. The van der Waals surface area contributed by atoms with Crippen LogP contribution in [0, 0.1) is 5.92 Å². The monoisotopic (exact) mass is 338 g/mol. The molecule has 0 aromatic carbocycles. The smallest absolute Gasteiger partial charge is 0.310 e. The molecule has 0 saturated carbocycles. The van der Waals surface area contributed by atoms with Gasteiger partial charge in [-0.25, -0.2) is 9.67 Å². The summed E-state index contributed by atoms with van der Waals surface area (Å²) in [5.74, 6) is 1.88. The molecule has 0 spiro atoms. The van der Waals surface area contributed by atoms with Gasteiger partial charge in [0.15, 0.2) is 11.8 Å². The highest BCUT2D eigenvalue weighted by molar-refractivity contribution is 5.81. The average molecular weight is 338 g/mol. The van der Waals surface area contributed by atoms with E-state index in [1.54, 1.807) is 14.2 Å². The first-order valence-electron chi connectivity index (χ1n) is 8.04. The molecule has 134 valence electrons. The van der Waals surface area contributed by atoms with Crippen molar-refractivity contribution >= 4 is 11.9 Å². The lowest BCUT2D eigenvalue weighted by molar-refractivity contribution is -0.144. The molecule has 2 atom stereocenters. The Labute approximate surface area is 141 Å². The van der Waals surface area contributed by atoms with E-state index in [9.17, 15) is 4.79 Å². The van der Waals surface area contributed by atoms with Crippen LogP contribution >= 0.6 is 0 Å². The fourth-order valence-electron chi connectivity index (χ4n) is 2.59. The van der Waals surface area contributed by atoms with Crippen molar-refractivity contribution in [3.8, 4) is 0 Å². The summed E-state index contributed by atoms with van der Waals surface area (Å²) in [5, 5.41) is 11.0. The molecule has 0 bridgehead atoms. The van der Waals surface area contributed by atoms with Crippen molar-refractivity contribution < 1.29 is 14.3 Å². The third-order valence-electron chi connectivity index (χ3n) is 3.92. The number of ether oxygens (including phenoxy) is 2. The molecule has 2 unspecified atom stereocenters. The number of fused-ring (bicyclic) bond motifs is 1. The van der Waals surface area contributed by atoms with E-state index in [1.165, 1.54) is 7.11 Å². The largest absolute Gasteiger partial charge is 0.469 e.